The Labute approximate surface area is 99.2 Å². The van der Waals surface area contributed by atoms with Gasteiger partial charge in [0.15, 0.2) is 5.69 Å². The number of thioether (sulfide) groups is 1. The van der Waals surface area contributed by atoms with E-state index in [-0.39, 0.29) is 5.03 Å². The topological polar surface area (TPSA) is 63.1 Å². The first kappa shape index (κ1) is 13.8. The van der Waals surface area contributed by atoms with Crippen LogP contribution in [0.5, 0.6) is 0 Å². The van der Waals surface area contributed by atoms with Gasteiger partial charge >= 0.3 is 12.1 Å². The fourth-order valence-electron chi connectivity index (χ4n) is 0.988. The molecule has 0 radical (unpaired) electrons. The maximum Gasteiger partial charge on any atom is 0.435 e. The maximum absolute atomic E-state index is 12.2. The highest BCUT2D eigenvalue weighted by Crippen LogP contribution is 2.29. The van der Waals surface area contributed by atoms with E-state index >= 15 is 0 Å². The van der Waals surface area contributed by atoms with E-state index in [2.05, 4.69) is 10.2 Å². The van der Waals surface area contributed by atoms with Gasteiger partial charge in [-0.1, -0.05) is 18.7 Å². The highest BCUT2D eigenvalue weighted by molar-refractivity contribution is 8.00. The van der Waals surface area contributed by atoms with Gasteiger partial charge in [0, 0.05) is 0 Å². The van der Waals surface area contributed by atoms with Crippen LogP contribution in [0.1, 0.15) is 19.0 Å². The lowest BCUT2D eigenvalue weighted by Gasteiger charge is -2.09. The molecule has 1 aromatic heterocycles. The smallest absolute Gasteiger partial charge is 0.435 e. The van der Waals surface area contributed by atoms with Crippen LogP contribution in [0.25, 0.3) is 0 Å². The van der Waals surface area contributed by atoms with E-state index in [1.54, 1.807) is 6.92 Å². The lowest BCUT2D eigenvalue weighted by atomic mass is 10.3. The molecule has 1 unspecified atom stereocenters. The SMILES string of the molecule is CCC(Sc1ccc(C(F)(F)F)nn1)C(=O)O. The molecule has 0 amide bonds. The van der Waals surface area contributed by atoms with Crippen molar-refractivity contribution in [3.8, 4) is 0 Å². The zero-order valence-electron chi connectivity index (χ0n) is 8.73. The molecule has 0 saturated heterocycles. The first-order valence-corrected chi connectivity index (χ1v) is 5.53. The molecule has 0 aliphatic rings. The number of aliphatic carboxylic acids is 1. The third-order valence-corrected chi connectivity index (χ3v) is 3.12. The zero-order valence-corrected chi connectivity index (χ0v) is 9.55. The molecule has 0 spiro atoms. The van der Waals surface area contributed by atoms with Crippen molar-refractivity contribution in [2.45, 2.75) is 29.8 Å². The van der Waals surface area contributed by atoms with E-state index in [1.807, 2.05) is 0 Å². The zero-order chi connectivity index (χ0) is 13.1. The van der Waals surface area contributed by atoms with Crippen molar-refractivity contribution in [3.63, 3.8) is 0 Å². The van der Waals surface area contributed by atoms with Crippen molar-refractivity contribution in [2.24, 2.45) is 0 Å². The average Bonchev–Trinajstić information content (AvgIpc) is 2.25. The Morgan fingerprint density at radius 3 is 2.47 bits per heavy atom. The molecule has 94 valence electrons. The number of hydrogen-bond donors (Lipinski definition) is 1. The van der Waals surface area contributed by atoms with Crippen molar-refractivity contribution in [1.29, 1.82) is 0 Å². The van der Waals surface area contributed by atoms with Gasteiger partial charge in [-0.05, 0) is 18.6 Å². The number of hydrogen-bond acceptors (Lipinski definition) is 4. The van der Waals surface area contributed by atoms with Crippen LogP contribution in [0.4, 0.5) is 13.2 Å². The molecule has 1 rings (SSSR count). The first-order valence-electron chi connectivity index (χ1n) is 4.65. The summed E-state index contributed by atoms with van der Waals surface area (Å²) in [6.07, 6.45) is -4.18. The predicted octanol–water partition coefficient (Wildman–Crippen LogP) is 2.45. The van der Waals surface area contributed by atoms with Gasteiger partial charge in [0.25, 0.3) is 0 Å². The van der Waals surface area contributed by atoms with Crippen LogP contribution in [0.15, 0.2) is 17.2 Å². The van der Waals surface area contributed by atoms with Gasteiger partial charge in [0.05, 0.1) is 0 Å². The van der Waals surface area contributed by atoms with Gasteiger partial charge in [-0.15, -0.1) is 10.2 Å². The van der Waals surface area contributed by atoms with Crippen molar-refractivity contribution < 1.29 is 23.1 Å². The third kappa shape index (κ3) is 3.88. The molecule has 1 heterocycles. The Bertz CT molecular complexity index is 394. The third-order valence-electron chi connectivity index (χ3n) is 1.84. The largest absolute Gasteiger partial charge is 0.480 e. The summed E-state index contributed by atoms with van der Waals surface area (Å²) in [5.74, 6) is -1.03. The lowest BCUT2D eigenvalue weighted by Crippen LogP contribution is -2.15. The molecule has 8 heteroatoms. The van der Waals surface area contributed by atoms with Crippen LogP contribution in [0, 0.1) is 0 Å². The molecule has 1 atom stereocenters. The van der Waals surface area contributed by atoms with Gasteiger partial charge in [-0.2, -0.15) is 13.2 Å². The van der Waals surface area contributed by atoms with Crippen molar-refractivity contribution in [3.05, 3.63) is 17.8 Å². The fourth-order valence-corrected chi connectivity index (χ4v) is 1.78. The molecule has 0 aliphatic carbocycles. The molecule has 1 aromatic rings. The number of carboxylic acid groups (broad SMARTS) is 1. The molecule has 0 fully saturated rings. The van der Waals surface area contributed by atoms with Crippen molar-refractivity contribution in [2.75, 3.05) is 0 Å². The van der Waals surface area contributed by atoms with Gasteiger partial charge in [-0.25, -0.2) is 0 Å². The summed E-state index contributed by atoms with van der Waals surface area (Å²) in [5, 5.41) is 14.5. The molecular formula is C9H9F3N2O2S. The molecule has 1 N–H and O–H groups in total. The number of nitrogens with zero attached hydrogens (tertiary/aromatic N) is 2. The summed E-state index contributed by atoms with van der Waals surface area (Å²) in [5.41, 5.74) is -1.09. The van der Waals surface area contributed by atoms with Crippen LogP contribution in [-0.4, -0.2) is 26.5 Å². The Hall–Kier alpha value is -1.31. The second-order valence-corrected chi connectivity index (χ2v) is 4.33. The van der Waals surface area contributed by atoms with E-state index in [4.69, 9.17) is 5.11 Å². The van der Waals surface area contributed by atoms with E-state index in [1.165, 1.54) is 0 Å². The monoisotopic (exact) mass is 266 g/mol. The number of alkyl halides is 3. The molecule has 0 aromatic carbocycles. The quantitative estimate of drug-likeness (QED) is 0.848. The van der Waals surface area contributed by atoms with Gasteiger partial charge in [0.2, 0.25) is 0 Å². The molecule has 4 nitrogen and oxygen atoms in total. The summed E-state index contributed by atoms with van der Waals surface area (Å²) in [6, 6.07) is 1.90. The minimum atomic E-state index is -4.53. The minimum Gasteiger partial charge on any atom is -0.480 e. The molecular weight excluding hydrogens is 257 g/mol. The second kappa shape index (κ2) is 5.35. The van der Waals surface area contributed by atoms with Crippen LogP contribution < -0.4 is 0 Å². The number of aromatic nitrogens is 2. The van der Waals surface area contributed by atoms with E-state index in [0.29, 0.717) is 6.42 Å². The van der Waals surface area contributed by atoms with Crippen LogP contribution in [-0.2, 0) is 11.0 Å². The predicted molar refractivity (Wildman–Crippen MR) is 54.6 cm³/mol. The maximum atomic E-state index is 12.2. The summed E-state index contributed by atoms with van der Waals surface area (Å²) < 4.78 is 36.5. The number of rotatable bonds is 4. The first-order chi connectivity index (χ1) is 7.84. The second-order valence-electron chi connectivity index (χ2n) is 3.11. The van der Waals surface area contributed by atoms with E-state index in [9.17, 15) is 18.0 Å². The van der Waals surface area contributed by atoms with Crippen molar-refractivity contribution in [1.82, 2.24) is 10.2 Å². The lowest BCUT2D eigenvalue weighted by molar-refractivity contribution is -0.142. The van der Waals surface area contributed by atoms with Gasteiger partial charge < -0.3 is 5.11 Å². The molecule has 0 saturated carbocycles. The highest BCUT2D eigenvalue weighted by Gasteiger charge is 2.33. The normalized spacial score (nSPS) is 13.4. The van der Waals surface area contributed by atoms with Crippen LogP contribution in [0.3, 0.4) is 0 Å². The molecule has 0 aliphatic heterocycles. The summed E-state index contributed by atoms with van der Waals surface area (Å²) in [4.78, 5) is 10.7. The minimum absolute atomic E-state index is 0.159. The Balaban J connectivity index is 2.78. The number of carbonyl (C=O) groups is 1. The summed E-state index contributed by atoms with van der Waals surface area (Å²) >= 11 is 0.876. The number of halogens is 3. The summed E-state index contributed by atoms with van der Waals surface area (Å²) in [6.45, 7) is 1.67. The van der Waals surface area contributed by atoms with Crippen LogP contribution in [0.2, 0.25) is 0 Å². The highest BCUT2D eigenvalue weighted by atomic mass is 32.2. The van der Waals surface area contributed by atoms with Gasteiger partial charge in [0.1, 0.15) is 10.3 Å². The van der Waals surface area contributed by atoms with Gasteiger partial charge in [-0.3, -0.25) is 4.79 Å². The Morgan fingerprint density at radius 1 is 1.47 bits per heavy atom. The van der Waals surface area contributed by atoms with E-state index < -0.39 is 23.1 Å². The Kier molecular flexibility index (Phi) is 4.33. The van der Waals surface area contributed by atoms with Crippen LogP contribution >= 0.6 is 11.8 Å². The number of carboxylic acids is 1. The van der Waals surface area contributed by atoms with E-state index in [0.717, 1.165) is 23.9 Å². The fraction of sp³-hybridized carbons (Fsp3) is 0.444. The standard InChI is InChI=1S/C9H9F3N2O2S/c1-2-5(8(15)16)17-7-4-3-6(13-14-7)9(10,11)12/h3-5H,2H2,1H3,(H,15,16). The summed E-state index contributed by atoms with van der Waals surface area (Å²) in [7, 11) is 0. The molecule has 17 heavy (non-hydrogen) atoms. The van der Waals surface area contributed by atoms with Crippen molar-refractivity contribution >= 4 is 17.7 Å². The average molecular weight is 266 g/mol. The Morgan fingerprint density at radius 2 is 2.12 bits per heavy atom. The molecule has 0 bridgehead atoms.